The molecule has 9 nitrogen and oxygen atoms in total. The number of nitro groups is 1. The number of aliphatic hydroxyl groups excluding tert-OH is 2. The summed E-state index contributed by atoms with van der Waals surface area (Å²) in [5, 5.41) is 33.5. The van der Waals surface area contributed by atoms with Gasteiger partial charge in [0.15, 0.2) is 0 Å². The number of nitrogens with one attached hydrogen (secondary N) is 1. The average Bonchev–Trinajstić information content (AvgIpc) is 2.64. The molecule has 2 aromatic carbocycles. The first-order valence-electron chi connectivity index (χ1n) is 7.73. The fourth-order valence-corrected chi connectivity index (χ4v) is 2.26. The van der Waals surface area contributed by atoms with E-state index in [-0.39, 0.29) is 30.1 Å². The second kappa shape index (κ2) is 8.79. The van der Waals surface area contributed by atoms with Gasteiger partial charge in [-0.15, -0.1) is 0 Å². The van der Waals surface area contributed by atoms with Crippen molar-refractivity contribution in [2.75, 3.05) is 12.3 Å². The fraction of sp³-hybridized carbons (Fsp3) is 0.235. The molecule has 0 aliphatic carbocycles. The van der Waals surface area contributed by atoms with Gasteiger partial charge in [-0.25, -0.2) is 4.79 Å². The highest BCUT2D eigenvalue weighted by Gasteiger charge is 2.27. The number of aliphatic hydroxyl groups is 2. The van der Waals surface area contributed by atoms with Gasteiger partial charge in [0.05, 0.1) is 10.5 Å². The Morgan fingerprint density at radius 1 is 1.23 bits per heavy atom. The van der Waals surface area contributed by atoms with E-state index < -0.39 is 23.2 Å². The lowest BCUT2D eigenvalue weighted by Crippen LogP contribution is -2.36. The molecule has 0 spiro atoms. The zero-order chi connectivity index (χ0) is 19.1. The molecule has 0 heterocycles. The number of amides is 1. The number of nitrogen functional groups attached to an aromatic ring is 1. The predicted molar refractivity (Wildman–Crippen MR) is 93.1 cm³/mol. The van der Waals surface area contributed by atoms with Crippen molar-refractivity contribution in [3.63, 3.8) is 0 Å². The number of ether oxygens (including phenoxy) is 1. The van der Waals surface area contributed by atoms with Gasteiger partial charge in [0.25, 0.3) is 5.69 Å². The minimum absolute atomic E-state index is 0.0476. The van der Waals surface area contributed by atoms with Crippen molar-refractivity contribution in [3.8, 4) is 0 Å². The number of nitro benzene ring substituents is 1. The molecule has 0 aliphatic heterocycles. The van der Waals surface area contributed by atoms with E-state index in [4.69, 9.17) is 10.5 Å². The van der Waals surface area contributed by atoms with Gasteiger partial charge in [0.2, 0.25) is 0 Å². The van der Waals surface area contributed by atoms with Gasteiger partial charge in [-0.2, -0.15) is 0 Å². The molecular weight excluding hydrogens is 342 g/mol. The maximum Gasteiger partial charge on any atom is 0.407 e. The van der Waals surface area contributed by atoms with Crippen molar-refractivity contribution in [1.82, 2.24) is 5.32 Å². The van der Waals surface area contributed by atoms with E-state index in [1.54, 1.807) is 24.3 Å². The summed E-state index contributed by atoms with van der Waals surface area (Å²) in [7, 11) is 0. The third kappa shape index (κ3) is 5.16. The first-order valence-corrected chi connectivity index (χ1v) is 7.73. The number of hydrogen-bond donors (Lipinski definition) is 4. The lowest BCUT2D eigenvalue weighted by molar-refractivity contribution is -0.386. The molecule has 0 saturated carbocycles. The molecule has 0 bridgehead atoms. The van der Waals surface area contributed by atoms with Gasteiger partial charge in [0, 0.05) is 18.3 Å². The van der Waals surface area contributed by atoms with Crippen LogP contribution in [0.1, 0.15) is 17.2 Å². The van der Waals surface area contributed by atoms with E-state index in [1.165, 1.54) is 12.1 Å². The monoisotopic (exact) mass is 361 g/mol. The van der Waals surface area contributed by atoms with Crippen LogP contribution >= 0.6 is 0 Å². The minimum atomic E-state index is -1.60. The topological polar surface area (TPSA) is 148 Å². The van der Waals surface area contributed by atoms with E-state index in [9.17, 15) is 25.1 Å². The van der Waals surface area contributed by atoms with Gasteiger partial charge >= 0.3 is 6.09 Å². The summed E-state index contributed by atoms with van der Waals surface area (Å²) < 4.78 is 4.97. The number of alkyl carbamates (subject to hydrolysis) is 1. The second-order valence-corrected chi connectivity index (χ2v) is 5.53. The lowest BCUT2D eigenvalue weighted by Gasteiger charge is -2.19. The normalized spacial score (nSPS) is 12.8. The Morgan fingerprint density at radius 2 is 1.92 bits per heavy atom. The molecule has 9 heteroatoms. The summed E-state index contributed by atoms with van der Waals surface area (Å²) in [6.07, 6.45) is -3.88. The molecule has 0 fully saturated rings. The Kier molecular flexibility index (Phi) is 6.48. The fourth-order valence-electron chi connectivity index (χ4n) is 2.26. The summed E-state index contributed by atoms with van der Waals surface area (Å²) in [6, 6.07) is 12.7. The van der Waals surface area contributed by atoms with Crippen LogP contribution in [0.5, 0.6) is 0 Å². The molecule has 2 rings (SSSR count). The van der Waals surface area contributed by atoms with Crippen LogP contribution in [0.3, 0.4) is 0 Å². The van der Waals surface area contributed by atoms with Gasteiger partial charge in [-0.1, -0.05) is 30.3 Å². The van der Waals surface area contributed by atoms with E-state index >= 15 is 0 Å². The standard InChI is InChI=1S/C17H19N3O6/c18-12-6-7-14(20(24)25)13(8-12)16(22)15(21)9-19-17(23)26-10-11-4-2-1-3-5-11/h1-8,15-16,21-22H,9-10,18H2,(H,19,23). The van der Waals surface area contributed by atoms with Crippen molar-refractivity contribution < 1.29 is 24.7 Å². The summed E-state index contributed by atoms with van der Waals surface area (Å²) in [5.74, 6) is 0. The van der Waals surface area contributed by atoms with Crippen LogP contribution in [0.15, 0.2) is 48.5 Å². The van der Waals surface area contributed by atoms with Crippen LogP contribution in [0.4, 0.5) is 16.2 Å². The van der Waals surface area contributed by atoms with Crippen molar-refractivity contribution >= 4 is 17.5 Å². The van der Waals surface area contributed by atoms with Crippen LogP contribution in [0, 0.1) is 10.1 Å². The molecule has 0 saturated heterocycles. The Morgan fingerprint density at radius 3 is 2.58 bits per heavy atom. The van der Waals surface area contributed by atoms with Crippen LogP contribution in [-0.2, 0) is 11.3 Å². The molecule has 5 N–H and O–H groups in total. The zero-order valence-electron chi connectivity index (χ0n) is 13.7. The minimum Gasteiger partial charge on any atom is -0.445 e. The first-order chi connectivity index (χ1) is 12.4. The Balaban J connectivity index is 1.91. The SMILES string of the molecule is Nc1ccc([N+](=O)[O-])c(C(O)C(O)CNC(=O)OCc2ccccc2)c1. The molecule has 2 aromatic rings. The number of anilines is 1. The van der Waals surface area contributed by atoms with Crippen LogP contribution in [-0.4, -0.2) is 33.9 Å². The summed E-state index contributed by atoms with van der Waals surface area (Å²) in [5.41, 5.74) is 6.05. The quantitative estimate of drug-likeness (QED) is 0.332. The van der Waals surface area contributed by atoms with Crippen LogP contribution in [0.25, 0.3) is 0 Å². The lowest BCUT2D eigenvalue weighted by atomic mass is 10.0. The molecule has 0 aliphatic rings. The summed E-state index contributed by atoms with van der Waals surface area (Å²) >= 11 is 0. The van der Waals surface area contributed by atoms with E-state index in [1.807, 2.05) is 6.07 Å². The van der Waals surface area contributed by atoms with E-state index in [2.05, 4.69) is 5.32 Å². The maximum absolute atomic E-state index is 11.7. The van der Waals surface area contributed by atoms with Crippen LogP contribution in [0.2, 0.25) is 0 Å². The number of carbonyl (C=O) groups excluding carboxylic acids is 1. The van der Waals surface area contributed by atoms with Crippen molar-refractivity contribution in [2.45, 2.75) is 18.8 Å². The first kappa shape index (κ1) is 19.2. The predicted octanol–water partition coefficient (Wildman–Crippen LogP) is 1.50. The van der Waals surface area contributed by atoms with Gasteiger partial charge in [-0.3, -0.25) is 10.1 Å². The van der Waals surface area contributed by atoms with Crippen molar-refractivity contribution in [2.24, 2.45) is 0 Å². The number of benzene rings is 2. The Hall–Kier alpha value is -3.17. The van der Waals surface area contributed by atoms with Gasteiger partial charge in [-0.05, 0) is 17.7 Å². The molecule has 138 valence electrons. The zero-order valence-corrected chi connectivity index (χ0v) is 13.7. The number of nitrogens with two attached hydrogens (primary N) is 1. The third-order valence-electron chi connectivity index (χ3n) is 3.60. The second-order valence-electron chi connectivity index (χ2n) is 5.53. The Labute approximate surface area is 149 Å². The van der Waals surface area contributed by atoms with E-state index in [0.29, 0.717) is 0 Å². The highest BCUT2D eigenvalue weighted by molar-refractivity contribution is 5.67. The molecule has 0 aromatic heterocycles. The van der Waals surface area contributed by atoms with Gasteiger partial charge < -0.3 is 26.0 Å². The smallest absolute Gasteiger partial charge is 0.407 e. The van der Waals surface area contributed by atoms with Crippen LogP contribution < -0.4 is 11.1 Å². The highest BCUT2D eigenvalue weighted by Crippen LogP contribution is 2.29. The number of carbonyl (C=O) groups is 1. The molecule has 26 heavy (non-hydrogen) atoms. The highest BCUT2D eigenvalue weighted by atomic mass is 16.6. The number of hydrogen-bond acceptors (Lipinski definition) is 7. The Bertz CT molecular complexity index is 768. The largest absolute Gasteiger partial charge is 0.445 e. The molecule has 2 unspecified atom stereocenters. The number of rotatable bonds is 7. The summed E-state index contributed by atoms with van der Waals surface area (Å²) in [4.78, 5) is 22.0. The third-order valence-corrected chi connectivity index (χ3v) is 3.60. The van der Waals surface area contributed by atoms with Gasteiger partial charge in [0.1, 0.15) is 18.8 Å². The molecular formula is C17H19N3O6. The maximum atomic E-state index is 11.7. The van der Waals surface area contributed by atoms with Crippen molar-refractivity contribution in [3.05, 3.63) is 69.8 Å². The number of nitrogens with zero attached hydrogens (tertiary/aromatic N) is 1. The summed E-state index contributed by atoms with van der Waals surface area (Å²) in [6.45, 7) is -0.313. The molecule has 1 amide bonds. The molecule has 2 atom stereocenters. The van der Waals surface area contributed by atoms with E-state index in [0.717, 1.165) is 11.6 Å². The molecule has 0 radical (unpaired) electrons. The average molecular weight is 361 g/mol. The van der Waals surface area contributed by atoms with Crippen molar-refractivity contribution in [1.29, 1.82) is 0 Å².